The highest BCUT2D eigenvalue weighted by molar-refractivity contribution is 6.32. The maximum atomic E-state index is 11.9. The summed E-state index contributed by atoms with van der Waals surface area (Å²) in [4.78, 5) is 23.1. The number of aryl methyl sites for hydroxylation is 1. The van der Waals surface area contributed by atoms with Crippen molar-refractivity contribution >= 4 is 28.4 Å². The molecule has 1 aromatic heterocycles. The predicted octanol–water partition coefficient (Wildman–Crippen LogP) is 1.04. The summed E-state index contributed by atoms with van der Waals surface area (Å²) in [6, 6.07) is 4.69. The van der Waals surface area contributed by atoms with Crippen LogP contribution in [0.3, 0.4) is 0 Å². The van der Waals surface area contributed by atoms with Crippen LogP contribution in [0.5, 0.6) is 5.75 Å². The molecule has 3 N–H and O–H groups in total. The number of amides is 1. The number of aromatic nitrogens is 1. The van der Waals surface area contributed by atoms with Gasteiger partial charge >= 0.3 is 0 Å². The summed E-state index contributed by atoms with van der Waals surface area (Å²) in [5.41, 5.74) is 2.58. The lowest BCUT2D eigenvalue weighted by Crippen LogP contribution is -2.30. The number of pyridine rings is 1. The standard InChI is InChI=1S/C13H14ClN3O3/c1-20-12-6-8-10(7-9(12)14)17(4-2-11(8)18)5-3-13(19)16-15/h2,4,6-7H,3,5,15H2,1H3,(H,16,19). The quantitative estimate of drug-likeness (QED) is 0.501. The van der Waals surface area contributed by atoms with Crippen molar-refractivity contribution < 1.29 is 9.53 Å². The van der Waals surface area contributed by atoms with Crippen LogP contribution < -0.4 is 21.4 Å². The first kappa shape index (κ1) is 14.4. The van der Waals surface area contributed by atoms with E-state index >= 15 is 0 Å². The highest BCUT2D eigenvalue weighted by Crippen LogP contribution is 2.28. The van der Waals surface area contributed by atoms with E-state index in [0.717, 1.165) is 0 Å². The summed E-state index contributed by atoms with van der Waals surface area (Å²) >= 11 is 6.08. The van der Waals surface area contributed by atoms with E-state index in [4.69, 9.17) is 22.2 Å². The molecule has 0 atom stereocenters. The fraction of sp³-hybridized carbons (Fsp3) is 0.231. The van der Waals surface area contributed by atoms with Gasteiger partial charge in [0.05, 0.1) is 17.6 Å². The molecule has 1 heterocycles. The van der Waals surface area contributed by atoms with Gasteiger partial charge in [-0.1, -0.05) is 11.6 Å². The van der Waals surface area contributed by atoms with Crippen LogP contribution in [0.1, 0.15) is 6.42 Å². The number of nitrogens with one attached hydrogen (secondary N) is 1. The molecular formula is C13H14ClN3O3. The fourth-order valence-corrected chi connectivity index (χ4v) is 2.19. The molecule has 6 nitrogen and oxygen atoms in total. The number of carbonyl (C=O) groups excluding carboxylic acids is 1. The average molecular weight is 296 g/mol. The third-order valence-corrected chi connectivity index (χ3v) is 3.29. The Kier molecular flexibility index (Phi) is 4.26. The molecule has 0 unspecified atom stereocenters. The van der Waals surface area contributed by atoms with Gasteiger partial charge in [-0.15, -0.1) is 0 Å². The summed E-state index contributed by atoms with van der Waals surface area (Å²) in [6.45, 7) is 0.391. The Bertz CT molecular complexity index is 712. The molecule has 7 heteroatoms. The number of carbonyl (C=O) groups is 1. The maximum Gasteiger partial charge on any atom is 0.235 e. The molecule has 1 aromatic carbocycles. The molecule has 0 saturated carbocycles. The minimum absolute atomic E-state index is 0.130. The number of hydrazine groups is 1. The van der Waals surface area contributed by atoms with Crippen LogP contribution in [0, 0.1) is 0 Å². The number of hydrogen-bond acceptors (Lipinski definition) is 4. The molecule has 0 radical (unpaired) electrons. The van der Waals surface area contributed by atoms with E-state index in [9.17, 15) is 9.59 Å². The Hall–Kier alpha value is -2.05. The molecule has 0 bridgehead atoms. The zero-order valence-corrected chi connectivity index (χ0v) is 11.6. The van der Waals surface area contributed by atoms with Gasteiger partial charge in [-0.2, -0.15) is 0 Å². The lowest BCUT2D eigenvalue weighted by atomic mass is 10.2. The third-order valence-electron chi connectivity index (χ3n) is 2.99. The van der Waals surface area contributed by atoms with Crippen LogP contribution in [-0.2, 0) is 11.3 Å². The van der Waals surface area contributed by atoms with Crippen LogP contribution in [-0.4, -0.2) is 17.6 Å². The Balaban J connectivity index is 2.51. The molecule has 20 heavy (non-hydrogen) atoms. The first-order valence-corrected chi connectivity index (χ1v) is 6.30. The van der Waals surface area contributed by atoms with Crippen molar-refractivity contribution in [2.24, 2.45) is 5.84 Å². The van der Waals surface area contributed by atoms with Crippen molar-refractivity contribution in [2.45, 2.75) is 13.0 Å². The molecule has 0 aliphatic carbocycles. The second kappa shape index (κ2) is 5.94. The molecule has 2 rings (SSSR count). The largest absolute Gasteiger partial charge is 0.495 e. The number of fused-ring (bicyclic) bond motifs is 1. The molecule has 0 spiro atoms. The van der Waals surface area contributed by atoms with Gasteiger partial charge < -0.3 is 9.30 Å². The Morgan fingerprint density at radius 2 is 2.25 bits per heavy atom. The lowest BCUT2D eigenvalue weighted by molar-refractivity contribution is -0.121. The highest BCUT2D eigenvalue weighted by atomic mass is 35.5. The van der Waals surface area contributed by atoms with Crippen molar-refractivity contribution in [2.75, 3.05) is 7.11 Å². The third kappa shape index (κ3) is 2.76. The van der Waals surface area contributed by atoms with Crippen molar-refractivity contribution in [1.29, 1.82) is 0 Å². The van der Waals surface area contributed by atoms with Gasteiger partial charge in [0.25, 0.3) is 0 Å². The highest BCUT2D eigenvalue weighted by Gasteiger charge is 2.09. The number of nitrogens with two attached hydrogens (primary N) is 1. The van der Waals surface area contributed by atoms with E-state index in [1.807, 2.05) is 0 Å². The number of ether oxygens (including phenoxy) is 1. The van der Waals surface area contributed by atoms with Crippen molar-refractivity contribution in [3.8, 4) is 5.75 Å². The van der Waals surface area contributed by atoms with Gasteiger partial charge in [0.15, 0.2) is 5.43 Å². The van der Waals surface area contributed by atoms with Gasteiger partial charge in [0.1, 0.15) is 5.75 Å². The Morgan fingerprint density at radius 1 is 1.50 bits per heavy atom. The first-order chi connectivity index (χ1) is 9.56. The van der Waals surface area contributed by atoms with Gasteiger partial charge in [0.2, 0.25) is 5.91 Å². The van der Waals surface area contributed by atoms with Crippen LogP contribution in [0.25, 0.3) is 10.9 Å². The normalized spacial score (nSPS) is 10.6. The second-order valence-corrected chi connectivity index (χ2v) is 4.60. The SMILES string of the molecule is COc1cc2c(=O)ccn(CCC(=O)NN)c2cc1Cl. The van der Waals surface area contributed by atoms with E-state index in [-0.39, 0.29) is 17.8 Å². The van der Waals surface area contributed by atoms with E-state index in [0.29, 0.717) is 28.2 Å². The summed E-state index contributed by atoms with van der Waals surface area (Å²) in [6.07, 6.45) is 1.83. The van der Waals surface area contributed by atoms with Crippen LogP contribution in [0.4, 0.5) is 0 Å². The lowest BCUT2D eigenvalue weighted by Gasteiger charge is -2.12. The molecular weight excluding hydrogens is 282 g/mol. The molecule has 0 fully saturated rings. The van der Waals surface area contributed by atoms with Crippen LogP contribution in [0.15, 0.2) is 29.2 Å². The van der Waals surface area contributed by atoms with Crippen molar-refractivity contribution in [3.63, 3.8) is 0 Å². The van der Waals surface area contributed by atoms with Gasteiger partial charge in [-0.05, 0) is 12.1 Å². The van der Waals surface area contributed by atoms with E-state index in [1.165, 1.54) is 13.2 Å². The van der Waals surface area contributed by atoms with E-state index in [2.05, 4.69) is 5.43 Å². The molecule has 1 amide bonds. The van der Waals surface area contributed by atoms with Crippen molar-refractivity contribution in [3.05, 3.63) is 39.6 Å². The van der Waals surface area contributed by atoms with E-state index < -0.39 is 0 Å². The zero-order valence-electron chi connectivity index (χ0n) is 10.9. The summed E-state index contributed by atoms with van der Waals surface area (Å²) < 4.78 is 6.88. The fourth-order valence-electron chi connectivity index (χ4n) is 1.95. The molecule has 0 aliphatic rings. The number of methoxy groups -OCH3 is 1. The topological polar surface area (TPSA) is 86.3 Å². The molecule has 0 aliphatic heterocycles. The van der Waals surface area contributed by atoms with Gasteiger partial charge in [-0.25, -0.2) is 5.84 Å². The van der Waals surface area contributed by atoms with Crippen LogP contribution >= 0.6 is 11.6 Å². The molecule has 0 saturated heterocycles. The number of benzene rings is 1. The number of halogens is 1. The minimum atomic E-state index is -0.281. The van der Waals surface area contributed by atoms with Crippen LogP contribution in [0.2, 0.25) is 5.02 Å². The number of rotatable bonds is 4. The van der Waals surface area contributed by atoms with Gasteiger partial charge in [0, 0.05) is 30.6 Å². The summed E-state index contributed by atoms with van der Waals surface area (Å²) in [5.74, 6) is 5.20. The van der Waals surface area contributed by atoms with E-state index in [1.54, 1.807) is 22.9 Å². The summed E-state index contributed by atoms with van der Waals surface area (Å²) in [7, 11) is 1.49. The zero-order chi connectivity index (χ0) is 14.7. The average Bonchev–Trinajstić information content (AvgIpc) is 2.45. The maximum absolute atomic E-state index is 11.9. The van der Waals surface area contributed by atoms with Crippen molar-refractivity contribution in [1.82, 2.24) is 9.99 Å². The predicted molar refractivity (Wildman–Crippen MR) is 76.7 cm³/mol. The monoisotopic (exact) mass is 295 g/mol. The first-order valence-electron chi connectivity index (χ1n) is 5.93. The van der Waals surface area contributed by atoms with Gasteiger partial charge in [-0.3, -0.25) is 15.0 Å². The molecule has 2 aromatic rings. The minimum Gasteiger partial charge on any atom is -0.495 e. The molecule has 106 valence electrons. The Labute approximate surface area is 120 Å². The smallest absolute Gasteiger partial charge is 0.235 e. The summed E-state index contributed by atoms with van der Waals surface area (Å²) in [5, 5.41) is 0.893. The number of hydrogen-bond donors (Lipinski definition) is 2. The number of nitrogens with zero attached hydrogens (tertiary/aromatic N) is 1. The second-order valence-electron chi connectivity index (χ2n) is 4.19. The Morgan fingerprint density at radius 3 is 2.90 bits per heavy atom.